The molecule has 1 unspecified atom stereocenters. The molecular weight excluding hydrogens is 572 g/mol. The molecule has 0 aromatic carbocycles. The third-order valence-electron chi connectivity index (χ3n) is 5.70. The molecule has 0 bridgehead atoms. The summed E-state index contributed by atoms with van der Waals surface area (Å²) in [6, 6.07) is 0. The summed E-state index contributed by atoms with van der Waals surface area (Å²) < 4.78 is 69.9. The van der Waals surface area contributed by atoms with Crippen LogP contribution in [0.4, 0.5) is 0 Å². The van der Waals surface area contributed by atoms with Crippen molar-refractivity contribution in [3.8, 4) is 0 Å². The van der Waals surface area contributed by atoms with Crippen molar-refractivity contribution in [2.24, 2.45) is 0 Å². The van der Waals surface area contributed by atoms with Gasteiger partial charge in [0.05, 0.1) is 152 Å². The van der Waals surface area contributed by atoms with Gasteiger partial charge in [-0.25, -0.2) is 0 Å². The first-order valence-electron chi connectivity index (χ1n) is 15.4. The summed E-state index contributed by atoms with van der Waals surface area (Å²) in [7, 11) is 1.35. The van der Waals surface area contributed by atoms with Gasteiger partial charge in [-0.2, -0.15) is 0 Å². The Balaban J connectivity index is 1.61. The maximum absolute atomic E-state index is 10.9. The average molecular weight is 629 g/mol. The summed E-state index contributed by atoms with van der Waals surface area (Å²) in [4.78, 5) is 10.9. The van der Waals surface area contributed by atoms with Gasteiger partial charge in [0, 0.05) is 6.61 Å². The number of carbonyl (C=O) groups is 1. The molecule has 0 amide bonds. The molecule has 0 N–H and O–H groups in total. The molecule has 0 radical (unpaired) electrons. The van der Waals surface area contributed by atoms with E-state index in [0.29, 0.717) is 139 Å². The van der Waals surface area contributed by atoms with E-state index in [-0.39, 0.29) is 18.7 Å². The minimum Gasteiger partial charge on any atom is -0.469 e. The van der Waals surface area contributed by atoms with Gasteiger partial charge in [-0.15, -0.1) is 0 Å². The maximum atomic E-state index is 10.9. The van der Waals surface area contributed by atoms with Crippen molar-refractivity contribution in [1.82, 2.24) is 0 Å². The zero-order valence-electron chi connectivity index (χ0n) is 26.2. The summed E-state index contributed by atoms with van der Waals surface area (Å²) in [5.41, 5.74) is 0. The van der Waals surface area contributed by atoms with E-state index < -0.39 is 0 Å². The Morgan fingerprint density at radius 2 is 0.814 bits per heavy atom. The molecule has 1 saturated heterocycles. The highest BCUT2D eigenvalue weighted by Crippen LogP contribution is 2.13. The molecule has 1 rings (SSSR count). The lowest BCUT2D eigenvalue weighted by Gasteiger charge is -2.22. The van der Waals surface area contributed by atoms with Crippen LogP contribution >= 0.6 is 0 Å². The lowest BCUT2D eigenvalue weighted by molar-refractivity contribution is -0.169. The van der Waals surface area contributed by atoms with E-state index in [1.54, 1.807) is 0 Å². The Morgan fingerprint density at radius 3 is 1.12 bits per heavy atom. The average Bonchev–Trinajstić information content (AvgIpc) is 3.03. The molecule has 14 heteroatoms. The number of hydrogen-bond donors (Lipinski definition) is 0. The summed E-state index contributed by atoms with van der Waals surface area (Å²) in [5.74, 6) is -0.285. The van der Waals surface area contributed by atoms with Gasteiger partial charge in [-0.1, -0.05) is 0 Å². The standard InChI is InChI=1S/C29H56O14/c1-31-28(30)5-7-32-8-9-33-10-11-34-12-13-35-14-15-36-16-17-37-18-19-38-20-21-39-22-23-40-24-25-41-26-27-43-29-4-2-3-6-42-29/h29H,2-27H2,1H3. The number of hydrogen-bond acceptors (Lipinski definition) is 14. The second kappa shape index (κ2) is 33.9. The van der Waals surface area contributed by atoms with Gasteiger partial charge in [0.25, 0.3) is 0 Å². The monoisotopic (exact) mass is 628 g/mol. The predicted molar refractivity (Wildman–Crippen MR) is 154 cm³/mol. The fraction of sp³-hybridized carbons (Fsp3) is 0.966. The summed E-state index contributed by atoms with van der Waals surface area (Å²) in [6.07, 6.45) is 3.43. The third kappa shape index (κ3) is 30.8. The Labute approximate surface area is 257 Å². The molecule has 0 saturated carbocycles. The van der Waals surface area contributed by atoms with Crippen LogP contribution in [0.15, 0.2) is 0 Å². The molecule has 1 heterocycles. The Morgan fingerprint density at radius 1 is 0.488 bits per heavy atom. The highest BCUT2D eigenvalue weighted by molar-refractivity contribution is 5.69. The van der Waals surface area contributed by atoms with Gasteiger partial charge in [0.2, 0.25) is 0 Å². The van der Waals surface area contributed by atoms with Crippen molar-refractivity contribution in [1.29, 1.82) is 0 Å². The first-order valence-corrected chi connectivity index (χ1v) is 15.4. The van der Waals surface area contributed by atoms with Gasteiger partial charge in [-0.05, 0) is 19.3 Å². The number of methoxy groups -OCH3 is 1. The van der Waals surface area contributed by atoms with Crippen LogP contribution in [0.2, 0.25) is 0 Å². The van der Waals surface area contributed by atoms with Crippen molar-refractivity contribution < 1.29 is 66.4 Å². The van der Waals surface area contributed by atoms with Gasteiger partial charge in [-0.3, -0.25) is 4.79 Å². The molecule has 1 aliphatic heterocycles. The highest BCUT2D eigenvalue weighted by Gasteiger charge is 2.13. The minimum absolute atomic E-state index is 0.0679. The van der Waals surface area contributed by atoms with Gasteiger partial charge in [0.15, 0.2) is 6.29 Å². The summed E-state index contributed by atoms with van der Waals surface area (Å²) >= 11 is 0. The van der Waals surface area contributed by atoms with Crippen molar-refractivity contribution in [3.63, 3.8) is 0 Å². The number of rotatable bonds is 34. The van der Waals surface area contributed by atoms with E-state index in [1.165, 1.54) is 7.11 Å². The number of ether oxygens (including phenoxy) is 13. The van der Waals surface area contributed by atoms with Gasteiger partial charge in [0.1, 0.15) is 0 Å². The fourth-order valence-electron chi connectivity index (χ4n) is 3.42. The van der Waals surface area contributed by atoms with Crippen LogP contribution < -0.4 is 0 Å². The zero-order chi connectivity index (χ0) is 30.7. The molecule has 256 valence electrons. The Kier molecular flexibility index (Phi) is 31.5. The van der Waals surface area contributed by atoms with E-state index in [9.17, 15) is 4.79 Å². The van der Waals surface area contributed by atoms with Crippen molar-refractivity contribution in [2.75, 3.05) is 152 Å². The van der Waals surface area contributed by atoms with Crippen LogP contribution in [0.3, 0.4) is 0 Å². The second-order valence-electron chi connectivity index (χ2n) is 9.12. The van der Waals surface area contributed by atoms with E-state index in [1.807, 2.05) is 0 Å². The number of esters is 1. The van der Waals surface area contributed by atoms with Crippen molar-refractivity contribution in [2.45, 2.75) is 32.0 Å². The zero-order valence-corrected chi connectivity index (χ0v) is 26.2. The molecule has 1 aliphatic rings. The summed E-state index contributed by atoms with van der Waals surface area (Å²) in [6.45, 7) is 11.2. The van der Waals surface area contributed by atoms with Crippen LogP contribution in [0.25, 0.3) is 0 Å². The topological polar surface area (TPSA) is 137 Å². The largest absolute Gasteiger partial charge is 0.469 e. The number of carbonyl (C=O) groups excluding carboxylic acids is 1. The maximum Gasteiger partial charge on any atom is 0.307 e. The van der Waals surface area contributed by atoms with Gasteiger partial charge >= 0.3 is 5.97 Å². The molecule has 1 fully saturated rings. The normalized spacial score (nSPS) is 15.2. The lowest BCUT2D eigenvalue weighted by atomic mass is 10.2. The molecule has 0 spiro atoms. The Hall–Kier alpha value is -1.01. The second-order valence-corrected chi connectivity index (χ2v) is 9.12. The fourth-order valence-corrected chi connectivity index (χ4v) is 3.42. The van der Waals surface area contributed by atoms with Crippen LogP contribution in [0, 0.1) is 0 Å². The van der Waals surface area contributed by atoms with Crippen LogP contribution in [-0.2, 0) is 66.4 Å². The lowest BCUT2D eigenvalue weighted by Crippen LogP contribution is -2.24. The molecule has 14 nitrogen and oxygen atoms in total. The van der Waals surface area contributed by atoms with E-state index in [2.05, 4.69) is 4.74 Å². The first kappa shape index (κ1) is 40.0. The quantitative estimate of drug-likeness (QED) is 0.0747. The third-order valence-corrected chi connectivity index (χ3v) is 5.70. The molecular formula is C29H56O14. The van der Waals surface area contributed by atoms with E-state index >= 15 is 0 Å². The first-order chi connectivity index (χ1) is 21.3. The van der Waals surface area contributed by atoms with Gasteiger partial charge < -0.3 is 61.6 Å². The molecule has 0 aromatic rings. The molecule has 0 aromatic heterocycles. The smallest absolute Gasteiger partial charge is 0.307 e. The van der Waals surface area contributed by atoms with E-state index in [0.717, 1.165) is 25.9 Å². The molecule has 1 atom stereocenters. The minimum atomic E-state index is -0.285. The highest BCUT2D eigenvalue weighted by atomic mass is 16.7. The molecule has 0 aliphatic carbocycles. The van der Waals surface area contributed by atoms with Crippen LogP contribution in [0.5, 0.6) is 0 Å². The Bertz CT molecular complexity index is 565. The van der Waals surface area contributed by atoms with E-state index in [4.69, 9.17) is 56.8 Å². The summed E-state index contributed by atoms with van der Waals surface area (Å²) in [5, 5.41) is 0. The van der Waals surface area contributed by atoms with Crippen molar-refractivity contribution >= 4 is 5.97 Å². The van der Waals surface area contributed by atoms with Crippen molar-refractivity contribution in [3.05, 3.63) is 0 Å². The SMILES string of the molecule is COC(=O)CCOCCOCCOCCOCCOCCOCCOCCOCCOCCOCCOC1CCCCO1. The predicted octanol–water partition coefficient (Wildman–Crippen LogP) is 1.26. The van der Waals surface area contributed by atoms with Crippen LogP contribution in [-0.4, -0.2) is 165 Å². The molecule has 43 heavy (non-hydrogen) atoms. The van der Waals surface area contributed by atoms with Crippen LogP contribution in [0.1, 0.15) is 25.7 Å².